The van der Waals surface area contributed by atoms with E-state index in [1.54, 1.807) is 0 Å². The molecule has 21 heavy (non-hydrogen) atoms. The van der Waals surface area contributed by atoms with Crippen LogP contribution in [-0.4, -0.2) is 43.2 Å². The monoisotopic (exact) mass is 286 g/mol. The van der Waals surface area contributed by atoms with Crippen LogP contribution in [0.3, 0.4) is 0 Å². The van der Waals surface area contributed by atoms with Crippen LogP contribution >= 0.6 is 0 Å². The van der Waals surface area contributed by atoms with Crippen molar-refractivity contribution in [3.8, 4) is 5.75 Å². The summed E-state index contributed by atoms with van der Waals surface area (Å²) in [6.07, 6.45) is 2.70. The molecule has 4 atom stereocenters. The smallest absolute Gasteiger partial charge is 0.123 e. The highest BCUT2D eigenvalue weighted by Crippen LogP contribution is 2.36. The normalized spacial score (nSPS) is 34.8. The Morgan fingerprint density at radius 1 is 1.33 bits per heavy atom. The lowest BCUT2D eigenvalue weighted by atomic mass is 9.93. The molecular formula is C18H26N2O. The quantitative estimate of drug-likeness (QED) is 0.922. The van der Waals surface area contributed by atoms with E-state index in [2.05, 4.69) is 42.3 Å². The Kier molecular flexibility index (Phi) is 3.43. The van der Waals surface area contributed by atoms with Gasteiger partial charge in [-0.25, -0.2) is 0 Å². The predicted molar refractivity (Wildman–Crippen MR) is 84.8 cm³/mol. The third-order valence-corrected chi connectivity index (χ3v) is 5.64. The van der Waals surface area contributed by atoms with Gasteiger partial charge in [0.1, 0.15) is 11.9 Å². The zero-order valence-corrected chi connectivity index (χ0v) is 13.1. The maximum Gasteiger partial charge on any atom is 0.123 e. The molecule has 3 aliphatic rings. The molecule has 3 nitrogen and oxygen atoms in total. The van der Waals surface area contributed by atoms with Crippen LogP contribution in [0.5, 0.6) is 5.75 Å². The van der Waals surface area contributed by atoms with Crippen LogP contribution < -0.4 is 10.1 Å². The molecule has 2 fully saturated rings. The Morgan fingerprint density at radius 3 is 3.10 bits per heavy atom. The maximum absolute atomic E-state index is 6.18. The minimum atomic E-state index is 0.350. The van der Waals surface area contributed by atoms with E-state index in [0.717, 1.165) is 36.6 Å². The first kappa shape index (κ1) is 13.6. The Bertz CT molecular complexity index is 530. The van der Waals surface area contributed by atoms with Gasteiger partial charge in [-0.15, -0.1) is 0 Å². The van der Waals surface area contributed by atoms with Crippen molar-refractivity contribution in [3.63, 3.8) is 0 Å². The minimum Gasteiger partial charge on any atom is -0.488 e. The minimum absolute atomic E-state index is 0.350. The molecule has 114 valence electrons. The van der Waals surface area contributed by atoms with Gasteiger partial charge in [-0.05, 0) is 49.9 Å². The average Bonchev–Trinajstić information content (AvgIpc) is 3.11. The topological polar surface area (TPSA) is 24.5 Å². The number of hydrogen-bond acceptors (Lipinski definition) is 3. The number of benzene rings is 1. The Morgan fingerprint density at radius 2 is 2.24 bits per heavy atom. The molecule has 1 N–H and O–H groups in total. The van der Waals surface area contributed by atoms with Crippen molar-refractivity contribution in [1.29, 1.82) is 0 Å². The second kappa shape index (κ2) is 5.29. The lowest BCUT2D eigenvalue weighted by Gasteiger charge is -2.28. The second-order valence-electron chi connectivity index (χ2n) is 7.07. The molecule has 2 saturated heterocycles. The van der Waals surface area contributed by atoms with Crippen molar-refractivity contribution in [1.82, 2.24) is 10.2 Å². The summed E-state index contributed by atoms with van der Waals surface area (Å²) in [6, 6.07) is 7.33. The van der Waals surface area contributed by atoms with Gasteiger partial charge < -0.3 is 10.1 Å². The molecule has 0 bridgehead atoms. The molecule has 0 aliphatic carbocycles. The van der Waals surface area contributed by atoms with Crippen LogP contribution in [-0.2, 0) is 6.42 Å². The molecule has 0 radical (unpaired) electrons. The van der Waals surface area contributed by atoms with E-state index in [1.165, 1.54) is 37.2 Å². The molecule has 3 aliphatic heterocycles. The Hall–Kier alpha value is -1.06. The van der Waals surface area contributed by atoms with E-state index in [1.807, 2.05) is 0 Å². The Balaban J connectivity index is 1.43. The average molecular weight is 286 g/mol. The van der Waals surface area contributed by atoms with Gasteiger partial charge in [0.2, 0.25) is 0 Å². The third kappa shape index (κ3) is 2.36. The first-order chi connectivity index (χ1) is 10.2. The molecule has 1 aromatic carbocycles. The standard InChI is InChI=1S/C18H26N2O/c1-3-17-16-9-19-8-14(16)10-20(17)11-15-7-13-6-12(2)4-5-18(13)21-15/h4-6,14-17,19H,3,7-11H2,1-2H3. The van der Waals surface area contributed by atoms with Crippen LogP contribution in [0, 0.1) is 18.8 Å². The highest BCUT2D eigenvalue weighted by molar-refractivity contribution is 5.40. The van der Waals surface area contributed by atoms with Crippen molar-refractivity contribution in [2.24, 2.45) is 11.8 Å². The highest BCUT2D eigenvalue weighted by atomic mass is 16.5. The first-order valence-corrected chi connectivity index (χ1v) is 8.45. The summed E-state index contributed by atoms with van der Waals surface area (Å²) in [5.41, 5.74) is 2.74. The van der Waals surface area contributed by atoms with Gasteiger partial charge in [-0.2, -0.15) is 0 Å². The van der Waals surface area contributed by atoms with Gasteiger partial charge in [0.05, 0.1) is 0 Å². The van der Waals surface area contributed by atoms with Crippen molar-refractivity contribution in [2.75, 3.05) is 26.2 Å². The fourth-order valence-electron chi connectivity index (χ4n) is 4.69. The van der Waals surface area contributed by atoms with Gasteiger partial charge in [-0.1, -0.05) is 24.6 Å². The summed E-state index contributed by atoms with van der Waals surface area (Å²) < 4.78 is 6.18. The zero-order valence-electron chi connectivity index (χ0n) is 13.1. The number of likely N-dealkylation sites (tertiary alicyclic amines) is 1. The summed E-state index contributed by atoms with van der Waals surface area (Å²) in [5, 5.41) is 3.57. The Labute approximate surface area is 127 Å². The van der Waals surface area contributed by atoms with Crippen molar-refractivity contribution in [2.45, 2.75) is 38.8 Å². The number of nitrogens with zero attached hydrogens (tertiary/aromatic N) is 1. The van der Waals surface area contributed by atoms with Gasteiger partial charge in [0, 0.05) is 25.6 Å². The molecule has 4 unspecified atom stereocenters. The van der Waals surface area contributed by atoms with E-state index in [4.69, 9.17) is 4.74 Å². The summed E-state index contributed by atoms with van der Waals surface area (Å²) in [7, 11) is 0. The van der Waals surface area contributed by atoms with Gasteiger partial charge >= 0.3 is 0 Å². The summed E-state index contributed by atoms with van der Waals surface area (Å²) in [5.74, 6) is 2.83. The molecule has 1 aromatic rings. The van der Waals surface area contributed by atoms with E-state index in [0.29, 0.717) is 6.10 Å². The summed E-state index contributed by atoms with van der Waals surface area (Å²) in [4.78, 5) is 2.71. The summed E-state index contributed by atoms with van der Waals surface area (Å²) >= 11 is 0. The van der Waals surface area contributed by atoms with Gasteiger partial charge in [0.25, 0.3) is 0 Å². The van der Waals surface area contributed by atoms with E-state index in [-0.39, 0.29) is 0 Å². The van der Waals surface area contributed by atoms with Gasteiger partial charge in [0.15, 0.2) is 0 Å². The third-order valence-electron chi connectivity index (χ3n) is 5.64. The molecule has 0 spiro atoms. The van der Waals surface area contributed by atoms with Crippen LogP contribution in [0.25, 0.3) is 0 Å². The van der Waals surface area contributed by atoms with E-state index in [9.17, 15) is 0 Å². The molecule has 0 saturated carbocycles. The fourth-order valence-corrected chi connectivity index (χ4v) is 4.69. The van der Waals surface area contributed by atoms with E-state index < -0.39 is 0 Å². The van der Waals surface area contributed by atoms with Crippen LogP contribution in [0.4, 0.5) is 0 Å². The number of ether oxygens (including phenoxy) is 1. The van der Waals surface area contributed by atoms with Crippen LogP contribution in [0.2, 0.25) is 0 Å². The number of rotatable bonds is 3. The molecular weight excluding hydrogens is 260 g/mol. The number of hydrogen-bond donors (Lipinski definition) is 1. The van der Waals surface area contributed by atoms with Gasteiger partial charge in [-0.3, -0.25) is 4.90 Å². The van der Waals surface area contributed by atoms with Crippen molar-refractivity contribution in [3.05, 3.63) is 29.3 Å². The maximum atomic E-state index is 6.18. The molecule has 0 aromatic heterocycles. The van der Waals surface area contributed by atoms with E-state index >= 15 is 0 Å². The molecule has 3 heterocycles. The number of aryl methyl sites for hydroxylation is 1. The number of nitrogens with one attached hydrogen (secondary N) is 1. The van der Waals surface area contributed by atoms with Crippen molar-refractivity contribution < 1.29 is 4.74 Å². The second-order valence-corrected chi connectivity index (χ2v) is 7.07. The summed E-state index contributed by atoms with van der Waals surface area (Å²) in [6.45, 7) is 9.28. The number of fused-ring (bicyclic) bond motifs is 2. The largest absolute Gasteiger partial charge is 0.488 e. The zero-order chi connectivity index (χ0) is 14.4. The van der Waals surface area contributed by atoms with Crippen molar-refractivity contribution >= 4 is 0 Å². The highest BCUT2D eigenvalue weighted by Gasteiger charge is 2.44. The first-order valence-electron chi connectivity index (χ1n) is 8.45. The molecule has 3 heteroatoms. The van der Waals surface area contributed by atoms with Crippen LogP contribution in [0.1, 0.15) is 24.5 Å². The lowest BCUT2D eigenvalue weighted by molar-refractivity contribution is 0.129. The molecule has 0 amide bonds. The predicted octanol–water partition coefficient (Wildman–Crippen LogP) is 2.23. The fraction of sp³-hybridized carbons (Fsp3) is 0.667. The SMILES string of the molecule is CCC1C2CNCC2CN1CC1Cc2cc(C)ccc2O1. The molecule has 4 rings (SSSR count). The lowest BCUT2D eigenvalue weighted by Crippen LogP contribution is -2.41. The van der Waals surface area contributed by atoms with Crippen LogP contribution in [0.15, 0.2) is 18.2 Å².